The molecule has 2 aromatic heterocycles. The lowest BCUT2D eigenvalue weighted by Gasteiger charge is -2.10. The Hall–Kier alpha value is -1.47. The zero-order chi connectivity index (χ0) is 14.3. The number of aryl methyl sites for hydroxylation is 1. The third-order valence-electron chi connectivity index (χ3n) is 3.00. The van der Waals surface area contributed by atoms with Crippen LogP contribution in [0.4, 0.5) is 14.5 Å². The van der Waals surface area contributed by atoms with Gasteiger partial charge in [-0.1, -0.05) is 0 Å². The van der Waals surface area contributed by atoms with Crippen molar-refractivity contribution in [2.75, 3.05) is 5.32 Å². The van der Waals surface area contributed by atoms with E-state index in [-0.39, 0.29) is 5.69 Å². The smallest absolute Gasteiger partial charge is 0.194 e. The molecule has 0 aliphatic rings. The van der Waals surface area contributed by atoms with Crippen LogP contribution in [-0.2, 0) is 6.54 Å². The molecule has 3 rings (SSSR count). The van der Waals surface area contributed by atoms with E-state index in [1.807, 2.05) is 22.9 Å². The van der Waals surface area contributed by atoms with E-state index in [9.17, 15) is 8.78 Å². The van der Waals surface area contributed by atoms with E-state index in [1.165, 1.54) is 6.07 Å². The van der Waals surface area contributed by atoms with Crippen LogP contribution in [0.25, 0.3) is 4.96 Å². The molecule has 104 valence electrons. The van der Waals surface area contributed by atoms with Crippen LogP contribution in [-0.4, -0.2) is 9.38 Å². The van der Waals surface area contributed by atoms with Crippen LogP contribution in [0.3, 0.4) is 0 Å². The Morgan fingerprint density at radius 1 is 1.40 bits per heavy atom. The zero-order valence-electron chi connectivity index (χ0n) is 10.5. The van der Waals surface area contributed by atoms with Crippen molar-refractivity contribution in [3.8, 4) is 0 Å². The normalized spacial score (nSPS) is 11.2. The lowest BCUT2D eigenvalue weighted by molar-refractivity contribution is 0.583. The number of hydrogen-bond donors (Lipinski definition) is 1. The topological polar surface area (TPSA) is 29.3 Å². The molecule has 0 bridgehead atoms. The second-order valence-electron chi connectivity index (χ2n) is 4.30. The minimum absolute atomic E-state index is 0.246. The summed E-state index contributed by atoms with van der Waals surface area (Å²) >= 11 is 4.70. The molecule has 0 spiro atoms. The molecule has 2 heterocycles. The van der Waals surface area contributed by atoms with E-state index >= 15 is 0 Å². The third-order valence-corrected chi connectivity index (χ3v) is 4.38. The molecule has 0 amide bonds. The molecule has 0 aliphatic carbocycles. The Balaban J connectivity index is 1.90. The van der Waals surface area contributed by atoms with Crippen molar-refractivity contribution < 1.29 is 8.78 Å². The fourth-order valence-electron chi connectivity index (χ4n) is 2.04. The lowest BCUT2D eigenvalue weighted by atomic mass is 10.2. The first-order chi connectivity index (χ1) is 9.56. The van der Waals surface area contributed by atoms with Crippen LogP contribution in [0.2, 0.25) is 0 Å². The quantitative estimate of drug-likeness (QED) is 0.754. The van der Waals surface area contributed by atoms with Gasteiger partial charge < -0.3 is 5.32 Å². The van der Waals surface area contributed by atoms with E-state index in [0.717, 1.165) is 22.4 Å². The molecule has 0 unspecified atom stereocenters. The maximum atomic E-state index is 13.7. The van der Waals surface area contributed by atoms with Crippen molar-refractivity contribution in [1.82, 2.24) is 9.38 Å². The van der Waals surface area contributed by atoms with E-state index in [4.69, 9.17) is 0 Å². The van der Waals surface area contributed by atoms with Gasteiger partial charge in [0.25, 0.3) is 0 Å². The summed E-state index contributed by atoms with van der Waals surface area (Å²) in [4.78, 5) is 5.32. The molecule has 1 aromatic carbocycles. The van der Waals surface area contributed by atoms with Gasteiger partial charge in [-0.05, 0) is 28.9 Å². The molecule has 3 nitrogen and oxygen atoms in total. The standard InChI is InChI=1S/C13H10BrF2N3S/c1-7-11(19-2-3-20-13(19)18-7)6-17-12-9(14)4-8(15)5-10(12)16/h2-5,17H,6H2,1H3. The summed E-state index contributed by atoms with van der Waals surface area (Å²) in [7, 11) is 0. The van der Waals surface area contributed by atoms with Crippen molar-refractivity contribution in [2.24, 2.45) is 0 Å². The number of benzene rings is 1. The number of rotatable bonds is 3. The fourth-order valence-corrected chi connectivity index (χ4v) is 3.36. The molecule has 0 atom stereocenters. The van der Waals surface area contributed by atoms with Crippen LogP contribution >= 0.6 is 27.3 Å². The van der Waals surface area contributed by atoms with Crippen LogP contribution in [0.15, 0.2) is 28.2 Å². The van der Waals surface area contributed by atoms with Crippen molar-refractivity contribution in [2.45, 2.75) is 13.5 Å². The number of halogens is 3. The number of imidazole rings is 1. The minimum atomic E-state index is -0.624. The number of fused-ring (bicyclic) bond motifs is 1. The van der Waals surface area contributed by atoms with E-state index < -0.39 is 11.6 Å². The van der Waals surface area contributed by atoms with Crippen molar-refractivity contribution in [3.63, 3.8) is 0 Å². The Bertz CT molecular complexity index is 758. The van der Waals surface area contributed by atoms with Gasteiger partial charge in [-0.3, -0.25) is 4.40 Å². The Morgan fingerprint density at radius 3 is 2.95 bits per heavy atom. The lowest BCUT2D eigenvalue weighted by Crippen LogP contribution is -2.06. The van der Waals surface area contributed by atoms with Gasteiger partial charge in [0.15, 0.2) is 4.96 Å². The first-order valence-electron chi connectivity index (χ1n) is 5.85. The summed E-state index contributed by atoms with van der Waals surface area (Å²) in [5, 5.41) is 4.93. The molecular formula is C13H10BrF2N3S. The highest BCUT2D eigenvalue weighted by Crippen LogP contribution is 2.28. The van der Waals surface area contributed by atoms with Crippen LogP contribution in [0.1, 0.15) is 11.4 Å². The van der Waals surface area contributed by atoms with Gasteiger partial charge in [0.05, 0.1) is 23.6 Å². The zero-order valence-corrected chi connectivity index (χ0v) is 12.9. The van der Waals surface area contributed by atoms with Crippen LogP contribution in [0.5, 0.6) is 0 Å². The van der Waals surface area contributed by atoms with Gasteiger partial charge in [0.2, 0.25) is 0 Å². The van der Waals surface area contributed by atoms with Crippen molar-refractivity contribution >= 4 is 37.9 Å². The van der Waals surface area contributed by atoms with Gasteiger partial charge in [0.1, 0.15) is 11.6 Å². The van der Waals surface area contributed by atoms with E-state index in [0.29, 0.717) is 11.0 Å². The number of aromatic nitrogens is 2. The summed E-state index contributed by atoms with van der Waals surface area (Å²) < 4.78 is 29.1. The Kier molecular flexibility index (Phi) is 3.47. The Morgan fingerprint density at radius 2 is 2.20 bits per heavy atom. The summed E-state index contributed by atoms with van der Waals surface area (Å²) in [6.45, 7) is 2.32. The highest BCUT2D eigenvalue weighted by atomic mass is 79.9. The predicted octanol–water partition coefficient (Wildman–Crippen LogP) is 4.36. The minimum Gasteiger partial charge on any atom is -0.376 e. The molecule has 1 N–H and O–H groups in total. The second kappa shape index (κ2) is 5.14. The molecule has 0 aliphatic heterocycles. The van der Waals surface area contributed by atoms with Gasteiger partial charge in [-0.25, -0.2) is 13.8 Å². The van der Waals surface area contributed by atoms with Crippen molar-refractivity contribution in [3.05, 3.63) is 51.2 Å². The predicted molar refractivity (Wildman–Crippen MR) is 79.2 cm³/mol. The monoisotopic (exact) mass is 357 g/mol. The maximum Gasteiger partial charge on any atom is 0.194 e. The first kappa shape index (κ1) is 13.5. The molecule has 0 saturated carbocycles. The van der Waals surface area contributed by atoms with Gasteiger partial charge in [0, 0.05) is 22.1 Å². The highest BCUT2D eigenvalue weighted by molar-refractivity contribution is 9.10. The molecule has 0 saturated heterocycles. The highest BCUT2D eigenvalue weighted by Gasteiger charge is 2.13. The fraction of sp³-hybridized carbons (Fsp3) is 0.154. The number of nitrogens with one attached hydrogen (secondary N) is 1. The molecule has 20 heavy (non-hydrogen) atoms. The van der Waals surface area contributed by atoms with E-state index in [2.05, 4.69) is 26.2 Å². The van der Waals surface area contributed by atoms with Crippen LogP contribution < -0.4 is 5.32 Å². The summed E-state index contributed by atoms with van der Waals surface area (Å²) in [5.41, 5.74) is 2.09. The van der Waals surface area contributed by atoms with Gasteiger partial charge >= 0.3 is 0 Å². The Labute approximate surface area is 126 Å². The molecule has 3 aromatic rings. The SMILES string of the molecule is Cc1nc2sccn2c1CNc1c(F)cc(F)cc1Br. The average molecular weight is 358 g/mol. The van der Waals surface area contributed by atoms with Gasteiger partial charge in [-0.2, -0.15) is 0 Å². The molecule has 7 heteroatoms. The summed E-state index contributed by atoms with van der Waals surface area (Å²) in [6.07, 6.45) is 1.92. The maximum absolute atomic E-state index is 13.7. The number of anilines is 1. The first-order valence-corrected chi connectivity index (χ1v) is 7.53. The van der Waals surface area contributed by atoms with E-state index in [1.54, 1.807) is 11.3 Å². The largest absolute Gasteiger partial charge is 0.376 e. The summed E-state index contributed by atoms with van der Waals surface area (Å²) in [6, 6.07) is 2.09. The van der Waals surface area contributed by atoms with Gasteiger partial charge in [-0.15, -0.1) is 11.3 Å². The molecule has 0 fully saturated rings. The molecule has 0 radical (unpaired) electrons. The van der Waals surface area contributed by atoms with Crippen LogP contribution in [0, 0.1) is 18.6 Å². The summed E-state index contributed by atoms with van der Waals surface area (Å²) in [5.74, 6) is -1.23. The second-order valence-corrected chi connectivity index (χ2v) is 6.02. The van der Waals surface area contributed by atoms with Crippen molar-refractivity contribution in [1.29, 1.82) is 0 Å². The third kappa shape index (κ3) is 2.31. The molecular weight excluding hydrogens is 348 g/mol. The number of thiazole rings is 1. The number of nitrogens with zero attached hydrogens (tertiary/aromatic N) is 2. The number of hydrogen-bond acceptors (Lipinski definition) is 3. The average Bonchev–Trinajstić information content (AvgIpc) is 2.90.